The molecular weight excluding hydrogens is 242 g/mol. The Morgan fingerprint density at radius 3 is 2.93 bits per heavy atom. The van der Waals surface area contributed by atoms with Crippen molar-refractivity contribution in [3.63, 3.8) is 0 Å². The van der Waals surface area contributed by atoms with Gasteiger partial charge in [-0.1, -0.05) is 28.1 Å². The second kappa shape index (κ2) is 5.66. The minimum absolute atomic E-state index is 0.0297. The van der Waals surface area contributed by atoms with Gasteiger partial charge in [0.15, 0.2) is 0 Å². The van der Waals surface area contributed by atoms with E-state index in [9.17, 15) is 0 Å². The zero-order chi connectivity index (χ0) is 10.4. The molecule has 0 heterocycles. The maximum absolute atomic E-state index is 8.80. The summed E-state index contributed by atoms with van der Waals surface area (Å²) in [6.45, 7) is 0. The van der Waals surface area contributed by atoms with Crippen LogP contribution >= 0.6 is 15.9 Å². The van der Waals surface area contributed by atoms with Crippen LogP contribution in [0.25, 0.3) is 0 Å². The molecule has 2 nitrogen and oxygen atoms in total. The molecule has 0 amide bonds. The molecule has 1 aromatic carbocycles. The molecule has 0 aliphatic carbocycles. The lowest BCUT2D eigenvalue weighted by Gasteiger charge is -2.06. The number of rotatable bonds is 4. The molecule has 0 radical (unpaired) electrons. The lowest BCUT2D eigenvalue weighted by Crippen LogP contribution is -2.02. The van der Waals surface area contributed by atoms with Gasteiger partial charge in [-0.25, -0.2) is 0 Å². The summed E-state index contributed by atoms with van der Waals surface area (Å²) in [5.41, 5.74) is 1.13. The molecule has 0 aliphatic heterocycles. The number of nitrogens with zero attached hydrogens (tertiary/aromatic N) is 1. The maximum Gasteiger partial charge on any atom is 0.119 e. The summed E-state index contributed by atoms with van der Waals surface area (Å²) in [6.07, 6.45) is 0.763. The number of halogens is 1. The molecule has 1 atom stereocenters. The Balaban J connectivity index is 2.71. The second-order valence-electron chi connectivity index (χ2n) is 3.04. The van der Waals surface area contributed by atoms with Crippen molar-refractivity contribution in [3.8, 4) is 11.8 Å². The van der Waals surface area contributed by atoms with Crippen LogP contribution in [-0.2, 0) is 6.42 Å². The van der Waals surface area contributed by atoms with Crippen molar-refractivity contribution in [3.05, 3.63) is 29.8 Å². The minimum Gasteiger partial charge on any atom is -0.497 e. The van der Waals surface area contributed by atoms with E-state index in [1.54, 1.807) is 7.11 Å². The molecule has 0 aliphatic rings. The number of hydrogen-bond acceptors (Lipinski definition) is 2. The van der Waals surface area contributed by atoms with Gasteiger partial charge in [-0.15, -0.1) is 0 Å². The Morgan fingerprint density at radius 2 is 2.36 bits per heavy atom. The number of ether oxygens (including phenoxy) is 1. The Labute approximate surface area is 92.6 Å². The number of benzene rings is 1. The van der Waals surface area contributed by atoms with Gasteiger partial charge in [0.25, 0.3) is 0 Å². The SMILES string of the molecule is COc1cccc(CC(C#N)CBr)c1. The van der Waals surface area contributed by atoms with Crippen molar-refractivity contribution in [1.82, 2.24) is 0 Å². The first-order valence-electron chi connectivity index (χ1n) is 4.38. The van der Waals surface area contributed by atoms with E-state index in [1.807, 2.05) is 24.3 Å². The zero-order valence-electron chi connectivity index (χ0n) is 8.03. The average Bonchev–Trinajstić information content (AvgIpc) is 2.26. The van der Waals surface area contributed by atoms with Gasteiger partial charge in [0.1, 0.15) is 5.75 Å². The van der Waals surface area contributed by atoms with E-state index < -0.39 is 0 Å². The molecule has 1 unspecified atom stereocenters. The largest absolute Gasteiger partial charge is 0.497 e. The van der Waals surface area contributed by atoms with Crippen LogP contribution in [0.4, 0.5) is 0 Å². The van der Waals surface area contributed by atoms with E-state index in [4.69, 9.17) is 10.00 Å². The van der Waals surface area contributed by atoms with Gasteiger partial charge >= 0.3 is 0 Å². The van der Waals surface area contributed by atoms with E-state index in [0.29, 0.717) is 5.33 Å². The highest BCUT2D eigenvalue weighted by atomic mass is 79.9. The van der Waals surface area contributed by atoms with Gasteiger partial charge in [0.2, 0.25) is 0 Å². The van der Waals surface area contributed by atoms with Crippen LogP contribution < -0.4 is 4.74 Å². The van der Waals surface area contributed by atoms with Crippen LogP contribution in [0.3, 0.4) is 0 Å². The van der Waals surface area contributed by atoms with Crippen molar-refractivity contribution < 1.29 is 4.74 Å². The fourth-order valence-electron chi connectivity index (χ4n) is 1.22. The molecule has 0 spiro atoms. The van der Waals surface area contributed by atoms with Crippen LogP contribution in [0.5, 0.6) is 5.75 Å². The lowest BCUT2D eigenvalue weighted by molar-refractivity contribution is 0.414. The summed E-state index contributed by atoms with van der Waals surface area (Å²) >= 11 is 3.32. The van der Waals surface area contributed by atoms with Crippen LogP contribution in [0.1, 0.15) is 5.56 Å². The van der Waals surface area contributed by atoms with Crippen molar-refractivity contribution in [2.75, 3.05) is 12.4 Å². The van der Waals surface area contributed by atoms with Crippen LogP contribution in [-0.4, -0.2) is 12.4 Å². The molecule has 0 aromatic heterocycles. The van der Waals surface area contributed by atoms with Crippen molar-refractivity contribution in [1.29, 1.82) is 5.26 Å². The molecule has 0 saturated heterocycles. The molecule has 0 bridgehead atoms. The van der Waals surface area contributed by atoms with E-state index in [2.05, 4.69) is 22.0 Å². The number of methoxy groups -OCH3 is 1. The van der Waals surface area contributed by atoms with Gasteiger partial charge in [-0.05, 0) is 24.1 Å². The van der Waals surface area contributed by atoms with Gasteiger partial charge in [0, 0.05) is 5.33 Å². The normalized spacial score (nSPS) is 11.8. The minimum atomic E-state index is 0.0297. The van der Waals surface area contributed by atoms with Crippen LogP contribution in [0.2, 0.25) is 0 Å². The summed E-state index contributed by atoms with van der Waals surface area (Å²) in [4.78, 5) is 0. The van der Waals surface area contributed by atoms with Crippen molar-refractivity contribution in [2.24, 2.45) is 5.92 Å². The monoisotopic (exact) mass is 253 g/mol. The van der Waals surface area contributed by atoms with Crippen LogP contribution in [0.15, 0.2) is 24.3 Å². The highest BCUT2D eigenvalue weighted by Crippen LogP contribution is 2.16. The topological polar surface area (TPSA) is 33.0 Å². The maximum atomic E-state index is 8.80. The molecule has 1 aromatic rings. The summed E-state index contributed by atoms with van der Waals surface area (Å²) in [5.74, 6) is 0.871. The fraction of sp³-hybridized carbons (Fsp3) is 0.364. The third-order valence-electron chi connectivity index (χ3n) is 1.99. The standard InChI is InChI=1S/C11H12BrNO/c1-14-11-4-2-3-9(6-11)5-10(7-12)8-13/h2-4,6,10H,5,7H2,1H3. The Bertz CT molecular complexity index is 332. The van der Waals surface area contributed by atoms with Crippen LogP contribution in [0, 0.1) is 17.2 Å². The lowest BCUT2D eigenvalue weighted by atomic mass is 10.0. The van der Waals surface area contributed by atoms with Gasteiger partial charge < -0.3 is 4.74 Å². The summed E-state index contributed by atoms with van der Waals surface area (Å²) in [5, 5.41) is 9.51. The van der Waals surface area contributed by atoms with Crippen molar-refractivity contribution in [2.45, 2.75) is 6.42 Å². The smallest absolute Gasteiger partial charge is 0.119 e. The molecule has 0 saturated carbocycles. The Hall–Kier alpha value is -1.01. The first kappa shape index (κ1) is 11.1. The molecule has 3 heteroatoms. The predicted molar refractivity (Wildman–Crippen MR) is 59.6 cm³/mol. The van der Waals surface area contributed by atoms with E-state index in [0.717, 1.165) is 17.7 Å². The number of hydrogen-bond donors (Lipinski definition) is 0. The summed E-state index contributed by atoms with van der Waals surface area (Å²) < 4.78 is 5.11. The van der Waals surface area contributed by atoms with Crippen molar-refractivity contribution >= 4 is 15.9 Å². The fourth-order valence-corrected chi connectivity index (χ4v) is 1.59. The zero-order valence-corrected chi connectivity index (χ0v) is 9.62. The second-order valence-corrected chi connectivity index (χ2v) is 3.68. The number of nitriles is 1. The van der Waals surface area contributed by atoms with E-state index >= 15 is 0 Å². The third kappa shape index (κ3) is 3.04. The quantitative estimate of drug-likeness (QED) is 0.774. The predicted octanol–water partition coefficient (Wildman–Crippen LogP) is 2.77. The first-order valence-corrected chi connectivity index (χ1v) is 5.50. The highest BCUT2D eigenvalue weighted by molar-refractivity contribution is 9.09. The third-order valence-corrected chi connectivity index (χ3v) is 2.77. The summed E-state index contributed by atoms with van der Waals surface area (Å²) in [7, 11) is 1.64. The molecule has 1 rings (SSSR count). The first-order chi connectivity index (χ1) is 6.80. The molecule has 0 fully saturated rings. The van der Waals surface area contributed by atoms with E-state index in [1.165, 1.54) is 0 Å². The highest BCUT2D eigenvalue weighted by Gasteiger charge is 2.06. The van der Waals surface area contributed by atoms with Gasteiger partial charge in [-0.2, -0.15) is 5.26 Å². The number of alkyl halides is 1. The van der Waals surface area contributed by atoms with Gasteiger partial charge in [0.05, 0.1) is 19.1 Å². The van der Waals surface area contributed by atoms with Gasteiger partial charge in [-0.3, -0.25) is 0 Å². The molecular formula is C11H12BrNO. The molecule has 14 heavy (non-hydrogen) atoms. The average molecular weight is 254 g/mol. The summed E-state index contributed by atoms with van der Waals surface area (Å²) in [6, 6.07) is 10.1. The Morgan fingerprint density at radius 1 is 1.57 bits per heavy atom. The Kier molecular flexibility index (Phi) is 4.48. The molecule has 0 N–H and O–H groups in total. The van der Waals surface area contributed by atoms with E-state index in [-0.39, 0.29) is 5.92 Å². The molecule has 74 valence electrons.